The molecule has 2 rings (SSSR count). The van der Waals surface area contributed by atoms with E-state index in [0.717, 1.165) is 31.3 Å². The third kappa shape index (κ3) is 3.10. The van der Waals surface area contributed by atoms with Gasteiger partial charge >= 0.3 is 0 Å². The third-order valence-electron chi connectivity index (χ3n) is 2.68. The first kappa shape index (κ1) is 12.6. The van der Waals surface area contributed by atoms with Crippen LogP contribution in [0, 0.1) is 10.1 Å². The molecule has 0 radical (unpaired) electrons. The van der Waals surface area contributed by atoms with Gasteiger partial charge in [0.25, 0.3) is 6.20 Å². The molecule has 6 nitrogen and oxygen atoms in total. The summed E-state index contributed by atoms with van der Waals surface area (Å²) in [5, 5.41) is 14.2. The first-order valence-corrected chi connectivity index (χ1v) is 5.97. The zero-order chi connectivity index (χ0) is 13.0. The molecule has 1 aliphatic heterocycles. The number of nitrogens with zero attached hydrogens (tertiary/aromatic N) is 3. The molecule has 1 N–H and O–H groups in total. The van der Waals surface area contributed by atoms with Crippen LogP contribution in [-0.2, 0) is 6.54 Å². The van der Waals surface area contributed by atoms with Gasteiger partial charge in [-0.05, 0) is 12.5 Å². The van der Waals surface area contributed by atoms with E-state index in [1.165, 1.54) is 0 Å². The second-order valence-electron chi connectivity index (χ2n) is 3.97. The van der Waals surface area contributed by atoms with Crippen molar-refractivity contribution in [2.24, 2.45) is 0 Å². The van der Waals surface area contributed by atoms with Crippen molar-refractivity contribution in [3.8, 4) is 0 Å². The minimum Gasteiger partial charge on any atom is -0.367 e. The van der Waals surface area contributed by atoms with Gasteiger partial charge in [-0.2, -0.15) is 0 Å². The predicted molar refractivity (Wildman–Crippen MR) is 67.4 cm³/mol. The maximum atomic E-state index is 10.6. The molecule has 96 valence electrons. The topological polar surface area (TPSA) is 71.3 Å². The molecule has 1 aromatic rings. The largest absolute Gasteiger partial charge is 0.367 e. The first-order valence-electron chi connectivity index (χ1n) is 5.59. The quantitative estimate of drug-likeness (QED) is 0.666. The van der Waals surface area contributed by atoms with Crippen molar-refractivity contribution < 1.29 is 4.92 Å². The van der Waals surface area contributed by atoms with Crippen molar-refractivity contribution in [1.29, 1.82) is 0 Å². The van der Waals surface area contributed by atoms with E-state index in [-0.39, 0.29) is 0 Å². The Morgan fingerprint density at radius 2 is 2.50 bits per heavy atom. The van der Waals surface area contributed by atoms with E-state index in [9.17, 15) is 10.1 Å². The van der Waals surface area contributed by atoms with Crippen LogP contribution in [0.4, 0.5) is 0 Å². The number of rotatable bonds is 3. The van der Waals surface area contributed by atoms with Gasteiger partial charge in [0.05, 0.1) is 4.92 Å². The number of nitro groups is 1. The van der Waals surface area contributed by atoms with Crippen LogP contribution in [0.25, 0.3) is 0 Å². The van der Waals surface area contributed by atoms with Crippen LogP contribution >= 0.6 is 11.6 Å². The lowest BCUT2D eigenvalue weighted by atomic mass is 10.2. The third-order valence-corrected chi connectivity index (χ3v) is 3.05. The van der Waals surface area contributed by atoms with Gasteiger partial charge in [-0.25, -0.2) is 0 Å². The van der Waals surface area contributed by atoms with Gasteiger partial charge in [-0.3, -0.25) is 15.1 Å². The highest BCUT2D eigenvalue weighted by Crippen LogP contribution is 2.19. The number of hydrogen-bond donors (Lipinski definition) is 1. The summed E-state index contributed by atoms with van der Waals surface area (Å²) in [5.74, 6) is 0.520. The number of hydrogen-bond acceptors (Lipinski definition) is 5. The van der Waals surface area contributed by atoms with Crippen LogP contribution < -0.4 is 5.32 Å². The molecular weight excluding hydrogens is 256 g/mol. The van der Waals surface area contributed by atoms with E-state index in [1.807, 2.05) is 4.90 Å². The van der Waals surface area contributed by atoms with Crippen LogP contribution in [0.2, 0.25) is 5.02 Å². The summed E-state index contributed by atoms with van der Waals surface area (Å²) < 4.78 is 0. The Balaban J connectivity index is 2.15. The van der Waals surface area contributed by atoms with Crippen LogP contribution in [0.5, 0.6) is 0 Å². The molecule has 0 aliphatic carbocycles. The zero-order valence-electron chi connectivity index (χ0n) is 9.67. The maximum absolute atomic E-state index is 10.6. The SMILES string of the molecule is O=[N+]([O-])/C=C1/NCCCN1Cc1cnccc1Cl. The van der Waals surface area contributed by atoms with E-state index in [4.69, 9.17) is 11.6 Å². The van der Waals surface area contributed by atoms with Crippen molar-refractivity contribution >= 4 is 11.6 Å². The van der Waals surface area contributed by atoms with Gasteiger partial charge in [-0.1, -0.05) is 11.6 Å². The Morgan fingerprint density at radius 1 is 1.67 bits per heavy atom. The second-order valence-corrected chi connectivity index (χ2v) is 4.38. The average Bonchev–Trinajstić information content (AvgIpc) is 2.34. The molecule has 0 bridgehead atoms. The summed E-state index contributed by atoms with van der Waals surface area (Å²) in [6.45, 7) is 2.02. The summed E-state index contributed by atoms with van der Waals surface area (Å²) >= 11 is 6.06. The molecule has 0 saturated carbocycles. The minimum absolute atomic E-state index is 0.453. The van der Waals surface area contributed by atoms with Crippen LogP contribution in [0.15, 0.2) is 30.5 Å². The van der Waals surface area contributed by atoms with E-state index in [0.29, 0.717) is 17.4 Å². The highest BCUT2D eigenvalue weighted by atomic mass is 35.5. The Bertz CT molecular complexity index is 478. The monoisotopic (exact) mass is 268 g/mol. The molecule has 0 aromatic carbocycles. The maximum Gasteiger partial charge on any atom is 0.274 e. The Labute approximate surface area is 109 Å². The molecular formula is C11H13ClN4O2. The van der Waals surface area contributed by atoms with E-state index in [2.05, 4.69) is 10.3 Å². The fourth-order valence-electron chi connectivity index (χ4n) is 1.84. The van der Waals surface area contributed by atoms with Crippen LogP contribution in [0.3, 0.4) is 0 Å². The molecule has 1 aromatic heterocycles. The van der Waals surface area contributed by atoms with Crippen molar-refractivity contribution in [2.75, 3.05) is 13.1 Å². The first-order chi connectivity index (χ1) is 8.66. The number of aromatic nitrogens is 1. The number of nitrogens with one attached hydrogen (secondary N) is 1. The summed E-state index contributed by atoms with van der Waals surface area (Å²) in [7, 11) is 0. The van der Waals surface area contributed by atoms with Gasteiger partial charge in [0.15, 0.2) is 5.82 Å². The van der Waals surface area contributed by atoms with Crippen molar-refractivity contribution in [1.82, 2.24) is 15.2 Å². The standard InChI is InChI=1S/C11H13ClN4O2/c12-10-2-4-13-6-9(10)7-15-5-1-3-14-11(15)8-16(17)18/h2,4,6,8,14H,1,3,5,7H2/b11-8-. The highest BCUT2D eigenvalue weighted by molar-refractivity contribution is 6.31. The Morgan fingerprint density at radius 3 is 3.22 bits per heavy atom. The molecule has 0 amide bonds. The Kier molecular flexibility index (Phi) is 3.99. The molecule has 0 unspecified atom stereocenters. The van der Waals surface area contributed by atoms with E-state index in [1.54, 1.807) is 18.5 Å². The predicted octanol–water partition coefficient (Wildman–Crippen LogP) is 1.61. The lowest BCUT2D eigenvalue weighted by Gasteiger charge is -2.30. The van der Waals surface area contributed by atoms with Crippen molar-refractivity contribution in [3.63, 3.8) is 0 Å². The summed E-state index contributed by atoms with van der Waals surface area (Å²) in [6, 6.07) is 1.71. The fourth-order valence-corrected chi connectivity index (χ4v) is 2.01. The van der Waals surface area contributed by atoms with Gasteiger partial charge in [0, 0.05) is 42.6 Å². The normalized spacial score (nSPS) is 17.6. The van der Waals surface area contributed by atoms with Crippen LogP contribution in [0.1, 0.15) is 12.0 Å². The zero-order valence-corrected chi connectivity index (χ0v) is 10.4. The summed E-state index contributed by atoms with van der Waals surface area (Å²) in [4.78, 5) is 16.0. The summed E-state index contributed by atoms with van der Waals surface area (Å²) in [6.07, 6.45) is 5.23. The van der Waals surface area contributed by atoms with Gasteiger partial charge in [0.2, 0.25) is 0 Å². The fraction of sp³-hybridized carbons (Fsp3) is 0.364. The molecule has 7 heteroatoms. The van der Waals surface area contributed by atoms with Gasteiger partial charge in [0.1, 0.15) is 0 Å². The lowest BCUT2D eigenvalue weighted by molar-refractivity contribution is -0.405. The lowest BCUT2D eigenvalue weighted by Crippen LogP contribution is -2.39. The molecule has 0 spiro atoms. The average molecular weight is 269 g/mol. The second kappa shape index (κ2) is 5.68. The minimum atomic E-state index is -0.453. The number of halogens is 1. The molecule has 0 atom stereocenters. The molecule has 18 heavy (non-hydrogen) atoms. The van der Waals surface area contributed by atoms with Gasteiger partial charge in [-0.15, -0.1) is 0 Å². The Hall–Kier alpha value is -1.82. The van der Waals surface area contributed by atoms with Crippen LogP contribution in [-0.4, -0.2) is 27.9 Å². The molecule has 1 aliphatic rings. The van der Waals surface area contributed by atoms with E-state index < -0.39 is 4.92 Å². The van der Waals surface area contributed by atoms with Gasteiger partial charge < -0.3 is 10.2 Å². The molecule has 1 fully saturated rings. The number of pyridine rings is 1. The smallest absolute Gasteiger partial charge is 0.274 e. The highest BCUT2D eigenvalue weighted by Gasteiger charge is 2.18. The van der Waals surface area contributed by atoms with E-state index >= 15 is 0 Å². The summed E-state index contributed by atoms with van der Waals surface area (Å²) in [5.41, 5.74) is 0.858. The molecule has 2 heterocycles. The van der Waals surface area contributed by atoms with Crippen molar-refractivity contribution in [3.05, 3.63) is 51.2 Å². The van der Waals surface area contributed by atoms with Crippen molar-refractivity contribution in [2.45, 2.75) is 13.0 Å². The molecule has 1 saturated heterocycles.